The van der Waals surface area contributed by atoms with E-state index in [0.29, 0.717) is 0 Å². The normalized spacial score (nSPS) is 8.31. The molecule has 1 rings (SSSR count). The summed E-state index contributed by atoms with van der Waals surface area (Å²) in [6.07, 6.45) is 0. The van der Waals surface area contributed by atoms with E-state index in [1.165, 1.54) is 11.1 Å². The van der Waals surface area contributed by atoms with Gasteiger partial charge in [0, 0.05) is 11.0 Å². The van der Waals surface area contributed by atoms with Crippen LogP contribution in [0.2, 0.25) is 0 Å². The summed E-state index contributed by atoms with van der Waals surface area (Å²) in [4.78, 5) is 0. The van der Waals surface area contributed by atoms with E-state index in [9.17, 15) is 0 Å². The molecule has 0 amide bonds. The Labute approximate surface area is 102 Å². The smallest absolute Gasteiger partial charge is 0.439 e. The molecular weight excluding hydrogens is 199 g/mol. The van der Waals surface area contributed by atoms with Gasteiger partial charge in [-0.2, -0.15) is 0 Å². The fraction of sp³-hybridized carbons (Fsp3) is 0.250. The maximum atomic E-state index is 8.56. The van der Waals surface area contributed by atoms with Gasteiger partial charge in [0.25, 0.3) is 0 Å². The summed E-state index contributed by atoms with van der Waals surface area (Å²) in [5, 5.41) is 0. The zero-order valence-electron chi connectivity index (χ0n) is 7.98. The third-order valence-corrected chi connectivity index (χ3v) is 1.22. The summed E-state index contributed by atoms with van der Waals surface area (Å²) in [7, 11) is -2.86. The van der Waals surface area contributed by atoms with Crippen LogP contribution in [-0.2, 0) is 19.4 Å². The largest absolute Gasteiger partial charge is 1.00 e. The summed E-state index contributed by atoms with van der Waals surface area (Å²) < 4.78 is 24.1. The zero-order chi connectivity index (χ0) is 9.56. The van der Waals surface area contributed by atoms with Gasteiger partial charge in [-0.05, 0) is 13.8 Å². The molecule has 0 bridgehead atoms. The third kappa shape index (κ3) is 12.1. The molecule has 1 aromatic carbocycles. The van der Waals surface area contributed by atoms with Gasteiger partial charge >= 0.3 is 29.6 Å². The van der Waals surface area contributed by atoms with Crippen LogP contribution in [0.15, 0.2) is 24.3 Å². The van der Waals surface area contributed by atoms with Crippen LogP contribution >= 0.6 is 0 Å². The first-order valence-corrected chi connectivity index (χ1v) is 4.37. The second kappa shape index (κ2) is 8.72. The molecule has 0 spiro atoms. The molecule has 0 aliphatic carbocycles. The van der Waals surface area contributed by atoms with E-state index < -0.39 is 11.0 Å². The molecule has 0 radical (unpaired) electrons. The average Bonchev–Trinajstić information content (AvgIpc) is 1.94. The van der Waals surface area contributed by atoms with Gasteiger partial charge in [0.1, 0.15) is 0 Å². The Morgan fingerprint density at radius 2 is 1.15 bits per heavy atom. The minimum atomic E-state index is -2.86. The fourth-order valence-corrected chi connectivity index (χ4v) is 0.637. The molecule has 68 valence electrons. The summed E-state index contributed by atoms with van der Waals surface area (Å²) >= 11 is 0. The Balaban J connectivity index is 0. The van der Waals surface area contributed by atoms with Crippen molar-refractivity contribution in [3.8, 4) is 0 Å². The van der Waals surface area contributed by atoms with E-state index in [1.54, 1.807) is 0 Å². The molecule has 0 aromatic heterocycles. The molecule has 0 saturated heterocycles. The maximum absolute atomic E-state index is 8.56. The fourth-order valence-electron chi connectivity index (χ4n) is 0.637. The minimum Gasteiger partial charge on any atom is -0.439 e. The Morgan fingerprint density at radius 1 is 1.00 bits per heavy atom. The summed E-state index contributed by atoms with van der Waals surface area (Å²) in [5.74, 6) is 0. The number of rotatable bonds is 0. The zero-order valence-corrected chi connectivity index (χ0v) is 10.8. The number of benzene rings is 1. The van der Waals surface area contributed by atoms with E-state index in [0.717, 1.165) is 0 Å². The van der Waals surface area contributed by atoms with Crippen LogP contribution in [0.1, 0.15) is 11.1 Å². The Hall–Kier alpha value is 0.130. The third-order valence-electron chi connectivity index (χ3n) is 1.22. The van der Waals surface area contributed by atoms with Crippen molar-refractivity contribution in [3.05, 3.63) is 35.4 Å². The van der Waals surface area contributed by atoms with Crippen molar-refractivity contribution in [1.29, 1.82) is 0 Å². The van der Waals surface area contributed by atoms with Crippen LogP contribution in [0.25, 0.3) is 0 Å². The summed E-state index contributed by atoms with van der Waals surface area (Å²) in [6, 6.07) is 8.48. The van der Waals surface area contributed by atoms with Crippen LogP contribution in [0, 0.1) is 13.8 Å². The number of hydrogen-bond donors (Lipinski definition) is 1. The second-order valence-corrected chi connectivity index (χ2v) is 2.81. The Bertz CT molecular complexity index is 264. The molecule has 0 aliphatic rings. The molecule has 0 atom stereocenters. The summed E-state index contributed by atoms with van der Waals surface area (Å²) in [6.45, 7) is 4.19. The molecule has 0 aliphatic heterocycles. The number of hydrogen-bond acceptors (Lipinski definition) is 3. The molecule has 1 aromatic rings. The first-order valence-electron chi connectivity index (χ1n) is 3.34. The van der Waals surface area contributed by atoms with E-state index in [4.69, 9.17) is 13.0 Å². The molecule has 3 nitrogen and oxygen atoms in total. The molecule has 0 saturated carbocycles. The van der Waals surface area contributed by atoms with Gasteiger partial charge in [0.2, 0.25) is 0 Å². The average molecular weight is 210 g/mol. The van der Waals surface area contributed by atoms with Crippen molar-refractivity contribution in [2.75, 3.05) is 0 Å². The predicted molar refractivity (Wildman–Crippen MR) is 47.3 cm³/mol. The number of aryl methyl sites for hydroxylation is 2. The molecule has 5 heteroatoms. The minimum absolute atomic E-state index is 0. The van der Waals surface area contributed by atoms with Gasteiger partial charge < -0.3 is 13.0 Å². The first kappa shape index (κ1) is 15.6. The van der Waals surface area contributed by atoms with Crippen molar-refractivity contribution in [1.82, 2.24) is 0 Å². The van der Waals surface area contributed by atoms with E-state index >= 15 is 0 Å². The maximum Gasteiger partial charge on any atom is 1.00 e. The van der Waals surface area contributed by atoms with Gasteiger partial charge in [0.05, 0.1) is 0 Å². The van der Waals surface area contributed by atoms with Crippen molar-refractivity contribution >= 4 is 11.0 Å². The van der Waals surface area contributed by atoms with Crippen molar-refractivity contribution < 1.29 is 42.5 Å². The van der Waals surface area contributed by atoms with Crippen molar-refractivity contribution in [2.24, 2.45) is 0 Å². The van der Waals surface area contributed by atoms with Gasteiger partial charge in [-0.3, -0.25) is 0 Å². The quantitative estimate of drug-likeness (QED) is 0.261. The standard InChI is InChI=1S/C8H10.Na.HO3S/c1-7-3-5-8(2)6-4-7;;1-4(2)3/h3-6H,1-2H3;;(H,1,2,3)/q;+1;-1. The van der Waals surface area contributed by atoms with Crippen LogP contribution < -0.4 is 29.6 Å². The molecule has 0 fully saturated rings. The molecule has 1 N–H and O–H groups in total. The monoisotopic (exact) mass is 210 g/mol. The van der Waals surface area contributed by atoms with Crippen LogP contribution in [0.5, 0.6) is 0 Å². The molecular formula is C8H11NaO3S. The van der Waals surface area contributed by atoms with Crippen LogP contribution in [0.4, 0.5) is 0 Å². The van der Waals surface area contributed by atoms with Crippen LogP contribution in [-0.4, -0.2) is 4.55 Å². The van der Waals surface area contributed by atoms with E-state index in [1.807, 2.05) is 0 Å². The SMILES string of the molecule is Cc1ccc(C)cc1.O=[S-](=O)O.[Na+]. The van der Waals surface area contributed by atoms with Gasteiger partial charge in [-0.25, -0.2) is 0 Å². The topological polar surface area (TPSA) is 54.4 Å². The second-order valence-electron chi connectivity index (χ2n) is 2.37. The van der Waals surface area contributed by atoms with Crippen molar-refractivity contribution in [3.63, 3.8) is 0 Å². The van der Waals surface area contributed by atoms with Gasteiger partial charge in [-0.15, -0.1) is 0 Å². The van der Waals surface area contributed by atoms with Gasteiger partial charge in [-0.1, -0.05) is 35.4 Å². The molecule has 13 heavy (non-hydrogen) atoms. The van der Waals surface area contributed by atoms with E-state index in [-0.39, 0.29) is 29.6 Å². The Morgan fingerprint density at radius 3 is 1.31 bits per heavy atom. The Kier molecular flexibility index (Phi) is 10.5. The van der Waals surface area contributed by atoms with Gasteiger partial charge in [0.15, 0.2) is 0 Å². The van der Waals surface area contributed by atoms with Crippen molar-refractivity contribution in [2.45, 2.75) is 13.8 Å². The summed E-state index contributed by atoms with van der Waals surface area (Å²) in [5.41, 5.74) is 2.66. The van der Waals surface area contributed by atoms with E-state index in [2.05, 4.69) is 38.1 Å². The molecule has 0 heterocycles. The molecule has 0 unspecified atom stereocenters. The first-order chi connectivity index (χ1) is 5.52. The predicted octanol–water partition coefficient (Wildman–Crippen LogP) is -0.924. The van der Waals surface area contributed by atoms with Crippen LogP contribution in [0.3, 0.4) is 0 Å².